The van der Waals surface area contributed by atoms with Crippen LogP contribution in [0.1, 0.15) is 38.4 Å². The van der Waals surface area contributed by atoms with Gasteiger partial charge in [-0.15, -0.1) is 0 Å². The maximum Gasteiger partial charge on any atom is 0.322 e. The fraction of sp³-hybridized carbons (Fsp3) is 0.435. The van der Waals surface area contributed by atoms with Crippen molar-refractivity contribution in [3.8, 4) is 6.07 Å². The number of hydrogen-bond acceptors (Lipinski definition) is 3. The van der Waals surface area contributed by atoms with E-state index < -0.39 is 0 Å². The van der Waals surface area contributed by atoms with E-state index in [2.05, 4.69) is 25.2 Å². The second-order valence-corrected chi connectivity index (χ2v) is 7.82. The Hall–Kier alpha value is -3.27. The minimum atomic E-state index is -0.321. The van der Waals surface area contributed by atoms with Crippen LogP contribution in [-0.4, -0.2) is 45.9 Å². The summed E-state index contributed by atoms with van der Waals surface area (Å²) in [5.41, 5.74) is 2.17. The Balaban J connectivity index is 2.08. The summed E-state index contributed by atoms with van der Waals surface area (Å²) in [6.45, 7) is 7.77. The van der Waals surface area contributed by atoms with Gasteiger partial charge in [-0.2, -0.15) is 5.26 Å². The summed E-state index contributed by atoms with van der Waals surface area (Å²) in [4.78, 5) is 29.2. The maximum absolute atomic E-state index is 13.1. The largest absolute Gasteiger partial charge is 0.353 e. The van der Waals surface area contributed by atoms with Crippen LogP contribution in [0.25, 0.3) is 0 Å². The molecule has 0 aliphatic rings. The molecule has 1 heterocycles. The molecule has 0 radical (unpaired) electrons. The molecule has 2 aromatic rings. The Morgan fingerprint density at radius 3 is 2.40 bits per heavy atom. The van der Waals surface area contributed by atoms with Gasteiger partial charge in [-0.1, -0.05) is 20.8 Å². The highest BCUT2D eigenvalue weighted by molar-refractivity contribution is 5.92. The molecule has 1 N–H and O–H groups in total. The lowest BCUT2D eigenvalue weighted by molar-refractivity contribution is -0.133. The Kier molecular flexibility index (Phi) is 8.48. The molecule has 0 unspecified atom stereocenters. The Bertz CT molecular complexity index is 880. The molecule has 2 rings (SSSR count). The van der Waals surface area contributed by atoms with Crippen LogP contribution in [0.5, 0.6) is 0 Å². The Labute approximate surface area is 178 Å². The number of carbonyl (C=O) groups is 2. The van der Waals surface area contributed by atoms with Crippen LogP contribution in [0.2, 0.25) is 0 Å². The molecular formula is C23H31N5O2. The van der Waals surface area contributed by atoms with Crippen LogP contribution in [0.3, 0.4) is 0 Å². The van der Waals surface area contributed by atoms with E-state index in [0.717, 1.165) is 12.1 Å². The van der Waals surface area contributed by atoms with E-state index in [9.17, 15) is 9.59 Å². The van der Waals surface area contributed by atoms with Gasteiger partial charge in [0.1, 0.15) is 6.54 Å². The first-order chi connectivity index (χ1) is 14.3. The maximum atomic E-state index is 13.1. The molecule has 160 valence electrons. The van der Waals surface area contributed by atoms with Gasteiger partial charge in [0.25, 0.3) is 0 Å². The van der Waals surface area contributed by atoms with Gasteiger partial charge in [0.05, 0.1) is 18.2 Å². The van der Waals surface area contributed by atoms with Crippen molar-refractivity contribution in [2.45, 2.75) is 33.7 Å². The number of amides is 3. The number of aryl methyl sites for hydroxylation is 1. The van der Waals surface area contributed by atoms with Crippen LogP contribution in [0.4, 0.5) is 10.5 Å². The number of benzene rings is 1. The van der Waals surface area contributed by atoms with Crippen LogP contribution >= 0.6 is 0 Å². The van der Waals surface area contributed by atoms with Crippen molar-refractivity contribution in [2.24, 2.45) is 13.0 Å². The lowest BCUT2D eigenvalue weighted by Crippen LogP contribution is -2.45. The van der Waals surface area contributed by atoms with E-state index in [4.69, 9.17) is 5.26 Å². The van der Waals surface area contributed by atoms with E-state index in [-0.39, 0.29) is 18.5 Å². The van der Waals surface area contributed by atoms with Crippen molar-refractivity contribution < 1.29 is 9.59 Å². The summed E-state index contributed by atoms with van der Waals surface area (Å²) >= 11 is 0. The highest BCUT2D eigenvalue weighted by Crippen LogP contribution is 2.12. The Morgan fingerprint density at radius 2 is 1.87 bits per heavy atom. The average molecular weight is 410 g/mol. The van der Waals surface area contributed by atoms with Crippen molar-refractivity contribution in [3.05, 3.63) is 53.9 Å². The summed E-state index contributed by atoms with van der Waals surface area (Å²) in [5, 5.41) is 11.7. The van der Waals surface area contributed by atoms with Crippen molar-refractivity contribution in [1.29, 1.82) is 5.26 Å². The normalized spacial score (nSPS) is 10.5. The number of nitriles is 1. The molecule has 0 atom stereocenters. The number of urea groups is 1. The third kappa shape index (κ3) is 6.66. The molecule has 0 spiro atoms. The second kappa shape index (κ2) is 11.1. The summed E-state index contributed by atoms with van der Waals surface area (Å²) < 4.78 is 2.00. The van der Waals surface area contributed by atoms with Crippen molar-refractivity contribution in [1.82, 2.24) is 14.4 Å². The zero-order valence-electron chi connectivity index (χ0n) is 18.3. The lowest BCUT2D eigenvalue weighted by atomic mass is 10.2. The molecule has 0 saturated heterocycles. The number of carbonyl (C=O) groups excluding carboxylic acids is 2. The standard InChI is InChI=1S/C23H31N5O2/c1-5-12-27(23(30)25-20-10-8-19(14-24)9-11-20)17-22(29)28(15-18(2)3)16-21-7-6-13-26(21)4/h6-11,13,18H,5,12,15-17H2,1-4H3,(H,25,30). The number of rotatable bonds is 9. The molecule has 0 saturated carbocycles. The first kappa shape index (κ1) is 23.0. The topological polar surface area (TPSA) is 81.4 Å². The summed E-state index contributed by atoms with van der Waals surface area (Å²) in [6, 6.07) is 12.4. The predicted molar refractivity (Wildman–Crippen MR) is 118 cm³/mol. The van der Waals surface area contributed by atoms with Crippen LogP contribution in [0, 0.1) is 17.2 Å². The number of hydrogen-bond donors (Lipinski definition) is 1. The number of anilines is 1. The minimum absolute atomic E-state index is 0.0209. The van der Waals surface area contributed by atoms with Crippen molar-refractivity contribution in [2.75, 3.05) is 25.0 Å². The second-order valence-electron chi connectivity index (χ2n) is 7.82. The van der Waals surface area contributed by atoms with Gasteiger partial charge < -0.3 is 19.7 Å². The first-order valence-electron chi connectivity index (χ1n) is 10.3. The van der Waals surface area contributed by atoms with Gasteiger partial charge in [0.2, 0.25) is 5.91 Å². The number of aromatic nitrogens is 1. The summed E-state index contributed by atoms with van der Waals surface area (Å²) in [6.07, 6.45) is 2.71. The molecule has 30 heavy (non-hydrogen) atoms. The molecule has 0 aliphatic carbocycles. The smallest absolute Gasteiger partial charge is 0.322 e. The molecular weight excluding hydrogens is 378 g/mol. The van der Waals surface area contributed by atoms with E-state index in [1.165, 1.54) is 0 Å². The third-order valence-electron chi connectivity index (χ3n) is 4.71. The van der Waals surface area contributed by atoms with Gasteiger partial charge in [0, 0.05) is 37.7 Å². The van der Waals surface area contributed by atoms with E-state index in [1.807, 2.05) is 41.8 Å². The molecule has 3 amide bonds. The minimum Gasteiger partial charge on any atom is -0.353 e. The molecule has 0 fully saturated rings. The number of nitrogens with zero attached hydrogens (tertiary/aromatic N) is 4. The first-order valence-corrected chi connectivity index (χ1v) is 10.3. The highest BCUT2D eigenvalue weighted by atomic mass is 16.2. The molecule has 0 aliphatic heterocycles. The number of nitrogens with one attached hydrogen (secondary N) is 1. The van der Waals surface area contributed by atoms with Gasteiger partial charge in [-0.05, 0) is 48.7 Å². The van der Waals surface area contributed by atoms with Gasteiger partial charge in [-0.3, -0.25) is 4.79 Å². The highest BCUT2D eigenvalue weighted by Gasteiger charge is 2.22. The Morgan fingerprint density at radius 1 is 1.17 bits per heavy atom. The van der Waals surface area contributed by atoms with Gasteiger partial charge in [0.15, 0.2) is 0 Å². The monoisotopic (exact) mass is 409 g/mol. The summed E-state index contributed by atoms with van der Waals surface area (Å²) in [7, 11) is 1.96. The fourth-order valence-electron chi connectivity index (χ4n) is 3.17. The van der Waals surface area contributed by atoms with E-state index in [0.29, 0.717) is 36.8 Å². The van der Waals surface area contributed by atoms with Gasteiger partial charge in [-0.25, -0.2) is 4.79 Å². The molecule has 1 aromatic carbocycles. The van der Waals surface area contributed by atoms with Gasteiger partial charge >= 0.3 is 6.03 Å². The fourth-order valence-corrected chi connectivity index (χ4v) is 3.17. The van der Waals surface area contributed by atoms with Crippen LogP contribution in [-0.2, 0) is 18.4 Å². The van der Waals surface area contributed by atoms with E-state index in [1.54, 1.807) is 29.2 Å². The predicted octanol–water partition coefficient (Wildman–Crippen LogP) is 3.83. The molecule has 1 aromatic heterocycles. The van der Waals surface area contributed by atoms with Crippen molar-refractivity contribution in [3.63, 3.8) is 0 Å². The molecule has 7 nitrogen and oxygen atoms in total. The molecule has 7 heteroatoms. The van der Waals surface area contributed by atoms with E-state index >= 15 is 0 Å². The van der Waals surface area contributed by atoms with Crippen LogP contribution < -0.4 is 5.32 Å². The average Bonchev–Trinajstić information content (AvgIpc) is 3.11. The van der Waals surface area contributed by atoms with Crippen molar-refractivity contribution >= 4 is 17.6 Å². The lowest BCUT2D eigenvalue weighted by Gasteiger charge is -2.29. The third-order valence-corrected chi connectivity index (χ3v) is 4.71. The quantitative estimate of drug-likeness (QED) is 0.683. The van der Waals surface area contributed by atoms with Crippen LogP contribution in [0.15, 0.2) is 42.6 Å². The SMILES string of the molecule is CCCN(CC(=O)N(Cc1cccn1C)CC(C)C)C(=O)Nc1ccc(C#N)cc1. The zero-order valence-corrected chi connectivity index (χ0v) is 18.3. The zero-order chi connectivity index (χ0) is 22.1. The molecule has 0 bridgehead atoms. The summed E-state index contributed by atoms with van der Waals surface area (Å²) in [5.74, 6) is 0.245.